The van der Waals surface area contributed by atoms with Crippen molar-refractivity contribution < 1.29 is 33.8 Å². The van der Waals surface area contributed by atoms with Gasteiger partial charge in [0.15, 0.2) is 0 Å². The summed E-state index contributed by atoms with van der Waals surface area (Å²) in [7, 11) is 1.70. The largest absolute Gasteiger partial charge is 0.455 e. The molecule has 2 aromatic rings. The predicted octanol–water partition coefficient (Wildman–Crippen LogP) is 4.39. The minimum Gasteiger partial charge on any atom is -0.455 e. The van der Waals surface area contributed by atoms with Crippen LogP contribution >= 0.6 is 11.6 Å². The van der Waals surface area contributed by atoms with Crippen LogP contribution in [0.5, 0.6) is 0 Å². The zero-order valence-corrected chi connectivity index (χ0v) is 28.2. The number of hydrogen-bond donors (Lipinski definition) is 1. The summed E-state index contributed by atoms with van der Waals surface area (Å²) < 4.78 is 13.1. The number of likely N-dealkylation sites (tertiary alicyclic amines) is 1. The van der Waals surface area contributed by atoms with E-state index in [1.165, 1.54) is 4.90 Å². The van der Waals surface area contributed by atoms with Crippen LogP contribution in [0.2, 0.25) is 5.02 Å². The number of hydrogen-bond acceptors (Lipinski definition) is 7. The van der Waals surface area contributed by atoms with Gasteiger partial charge in [-0.1, -0.05) is 78.4 Å². The third-order valence-corrected chi connectivity index (χ3v) is 10.5. The number of carbonyl (C=O) groups is 4. The van der Waals surface area contributed by atoms with Crippen LogP contribution in [0.15, 0.2) is 72.8 Å². The van der Waals surface area contributed by atoms with Crippen molar-refractivity contribution in [2.45, 2.75) is 69.4 Å². The van der Waals surface area contributed by atoms with Gasteiger partial charge in [0.25, 0.3) is 5.91 Å². The summed E-state index contributed by atoms with van der Waals surface area (Å²) in [5.41, 5.74) is 0.590. The normalized spacial score (nSPS) is 31.4. The summed E-state index contributed by atoms with van der Waals surface area (Å²) in [6.45, 7) is 4.03. The number of halogens is 1. The number of carbonyl (C=O) groups excluding carboxylic acids is 4. The minimum atomic E-state index is -1.48. The van der Waals surface area contributed by atoms with E-state index in [1.807, 2.05) is 62.4 Å². The Kier molecular flexibility index (Phi) is 9.79. The van der Waals surface area contributed by atoms with Gasteiger partial charge in [0.05, 0.1) is 28.8 Å². The third-order valence-electron chi connectivity index (χ3n) is 10.2. The highest BCUT2D eigenvalue weighted by Gasteiger charge is 2.72. The lowest BCUT2D eigenvalue weighted by molar-refractivity contribution is -0.164. The van der Waals surface area contributed by atoms with Crippen LogP contribution in [-0.2, 0) is 28.7 Å². The van der Waals surface area contributed by atoms with Gasteiger partial charge in [-0.3, -0.25) is 19.2 Å². The lowest BCUT2D eigenvalue weighted by atomic mass is 9.77. The number of amides is 3. The second kappa shape index (κ2) is 13.9. The maximum atomic E-state index is 14.8. The van der Waals surface area contributed by atoms with Crippen LogP contribution in [0.25, 0.3) is 0 Å². The van der Waals surface area contributed by atoms with Gasteiger partial charge in [-0.25, -0.2) is 0 Å². The highest BCUT2D eigenvalue weighted by atomic mass is 35.5. The Morgan fingerprint density at radius 3 is 2.50 bits per heavy atom. The second-order valence-electron chi connectivity index (χ2n) is 13.0. The Morgan fingerprint density at radius 1 is 1.00 bits per heavy atom. The molecule has 254 valence electrons. The summed E-state index contributed by atoms with van der Waals surface area (Å²) in [5.74, 6) is -3.60. The highest BCUT2D eigenvalue weighted by Crippen LogP contribution is 2.54. The standard InChI is InChI=1S/C37H42ClN3O7/c1-23-13-11-16-26(38)31(23)40-21-12-19-37-30(34(44)41(20-9-10-22-42)33(37)35(40)45)29-27(48-37)17-7-8-18-28(43)39(3)24(2)32(47-36(29)46)25-14-5-4-6-15-25/h4-7,11-17,19,24,27,29-30,32-33,42H,8-10,18,20-22H2,1-3H3/b17-7-/t24-,27-,29+,30+,32+,33-,37+/m1/s1. The predicted molar refractivity (Wildman–Crippen MR) is 180 cm³/mol. The highest BCUT2D eigenvalue weighted by molar-refractivity contribution is 6.34. The van der Waals surface area contributed by atoms with Crippen molar-refractivity contribution >= 4 is 41.0 Å². The zero-order valence-electron chi connectivity index (χ0n) is 27.5. The van der Waals surface area contributed by atoms with E-state index < -0.39 is 47.7 Å². The number of aliphatic hydroxyl groups is 1. The molecule has 3 amide bonds. The molecule has 0 unspecified atom stereocenters. The molecule has 0 bridgehead atoms. The number of unbranched alkanes of at least 4 members (excludes halogenated alkanes) is 1. The van der Waals surface area contributed by atoms with E-state index in [0.717, 1.165) is 5.56 Å². The number of likely N-dealkylation sites (N-methyl/N-ethyl adjacent to an activating group) is 1. The van der Waals surface area contributed by atoms with Gasteiger partial charge in [0.2, 0.25) is 11.8 Å². The van der Waals surface area contributed by atoms with E-state index in [-0.39, 0.29) is 43.8 Å². The maximum absolute atomic E-state index is 14.8. The van der Waals surface area contributed by atoms with Gasteiger partial charge in [-0.05, 0) is 50.3 Å². The second-order valence-corrected chi connectivity index (χ2v) is 13.4. The molecule has 7 atom stereocenters. The van der Waals surface area contributed by atoms with E-state index in [9.17, 15) is 24.3 Å². The molecular weight excluding hydrogens is 634 g/mol. The van der Waals surface area contributed by atoms with Gasteiger partial charge in [-0.2, -0.15) is 0 Å². The zero-order chi connectivity index (χ0) is 34.2. The van der Waals surface area contributed by atoms with Crippen molar-refractivity contribution in [3.63, 3.8) is 0 Å². The molecule has 0 radical (unpaired) electrons. The molecule has 2 aromatic carbocycles. The van der Waals surface area contributed by atoms with E-state index in [2.05, 4.69) is 0 Å². The SMILES string of the molecule is Cc1cccc(Cl)c1N1CC=C[C@]23O[C@@H]4/C=C\CCC(=O)N(C)[C@H](C)[C@@H](c5ccccc5)OC(=O)[C@@H]4[C@H]2C(=O)N(CCCCO)[C@@H]3C1=O. The summed E-state index contributed by atoms with van der Waals surface area (Å²) in [6, 6.07) is 13.1. The Bertz CT molecular complexity index is 1610. The number of ether oxygens (including phenoxy) is 2. The number of benzene rings is 2. The summed E-state index contributed by atoms with van der Waals surface area (Å²) in [5, 5.41) is 9.94. The van der Waals surface area contributed by atoms with Gasteiger partial charge >= 0.3 is 5.97 Å². The number of para-hydroxylation sites is 1. The Hall–Kier alpha value is -3.99. The van der Waals surface area contributed by atoms with Gasteiger partial charge in [-0.15, -0.1) is 0 Å². The fraction of sp³-hybridized carbons (Fsp3) is 0.459. The molecule has 11 heteroatoms. The number of aliphatic hydroxyl groups excluding tert-OH is 1. The molecule has 10 nitrogen and oxygen atoms in total. The molecule has 0 aromatic heterocycles. The number of nitrogens with zero attached hydrogens (tertiary/aromatic N) is 3. The molecule has 4 aliphatic rings. The quantitative estimate of drug-likeness (QED) is 0.274. The van der Waals surface area contributed by atoms with Crippen LogP contribution < -0.4 is 4.90 Å². The summed E-state index contributed by atoms with van der Waals surface area (Å²) >= 11 is 6.66. The molecule has 1 N–H and O–H groups in total. The number of allylic oxidation sites excluding steroid dienone is 1. The third kappa shape index (κ3) is 5.84. The van der Waals surface area contributed by atoms with Crippen molar-refractivity contribution in [2.24, 2.45) is 11.8 Å². The number of cyclic esters (lactones) is 1. The molecule has 0 aliphatic carbocycles. The lowest BCUT2D eigenvalue weighted by Crippen LogP contribution is -2.55. The average molecular weight is 676 g/mol. The van der Waals surface area contributed by atoms with Gasteiger partial charge < -0.3 is 29.3 Å². The number of esters is 1. The molecule has 1 spiro atoms. The van der Waals surface area contributed by atoms with Crippen molar-refractivity contribution in [1.29, 1.82) is 0 Å². The Balaban J connectivity index is 1.45. The number of rotatable bonds is 6. The van der Waals surface area contributed by atoms with Crippen molar-refractivity contribution in [3.05, 3.63) is 89.0 Å². The Morgan fingerprint density at radius 2 is 1.77 bits per heavy atom. The van der Waals surface area contributed by atoms with Crippen molar-refractivity contribution in [1.82, 2.24) is 9.80 Å². The molecule has 4 heterocycles. The average Bonchev–Trinajstić information content (AvgIpc) is 3.46. The van der Waals surface area contributed by atoms with E-state index in [1.54, 1.807) is 41.1 Å². The fourth-order valence-corrected chi connectivity index (χ4v) is 8.01. The van der Waals surface area contributed by atoms with Crippen LogP contribution in [0.4, 0.5) is 5.69 Å². The molecular formula is C37H42ClN3O7. The van der Waals surface area contributed by atoms with Crippen LogP contribution in [0.1, 0.15) is 49.8 Å². The van der Waals surface area contributed by atoms with E-state index in [0.29, 0.717) is 35.5 Å². The lowest BCUT2D eigenvalue weighted by Gasteiger charge is -2.36. The summed E-state index contributed by atoms with van der Waals surface area (Å²) in [6.07, 6.45) is 6.95. The molecule has 6 rings (SSSR count). The first-order valence-corrected chi connectivity index (χ1v) is 17.0. The maximum Gasteiger partial charge on any atom is 0.313 e. The smallest absolute Gasteiger partial charge is 0.313 e. The van der Waals surface area contributed by atoms with Crippen LogP contribution in [0, 0.1) is 18.8 Å². The molecule has 48 heavy (non-hydrogen) atoms. The molecule has 4 aliphatic heterocycles. The van der Waals surface area contributed by atoms with Crippen molar-refractivity contribution in [2.75, 3.05) is 31.6 Å². The van der Waals surface area contributed by atoms with Crippen molar-refractivity contribution in [3.8, 4) is 0 Å². The summed E-state index contributed by atoms with van der Waals surface area (Å²) in [4.78, 5) is 61.7. The first-order chi connectivity index (χ1) is 23.1. The van der Waals surface area contributed by atoms with E-state index in [4.69, 9.17) is 21.1 Å². The monoisotopic (exact) mass is 675 g/mol. The molecule has 0 saturated carbocycles. The van der Waals surface area contributed by atoms with E-state index >= 15 is 0 Å². The first kappa shape index (κ1) is 33.9. The molecule has 2 fully saturated rings. The topological polar surface area (TPSA) is 117 Å². The number of anilines is 1. The molecule has 2 saturated heterocycles. The number of fused-ring (bicyclic) bond motifs is 2. The minimum absolute atomic E-state index is 0.0611. The van der Waals surface area contributed by atoms with Crippen LogP contribution in [0.3, 0.4) is 0 Å². The van der Waals surface area contributed by atoms with Crippen LogP contribution in [-0.4, -0.2) is 89.1 Å². The van der Waals surface area contributed by atoms with Gasteiger partial charge in [0, 0.05) is 33.2 Å². The van der Waals surface area contributed by atoms with Gasteiger partial charge in [0.1, 0.15) is 23.7 Å². The first-order valence-electron chi connectivity index (χ1n) is 16.6. The fourth-order valence-electron chi connectivity index (χ4n) is 7.69. The number of aryl methyl sites for hydroxylation is 1. The Labute approximate surface area is 285 Å².